The first-order valence-corrected chi connectivity index (χ1v) is 11.5. The summed E-state index contributed by atoms with van der Waals surface area (Å²) in [5.74, 6) is 1.33. The molecule has 4 heteroatoms. The number of carbonyl (C=O) groups excluding carboxylic acids is 2. The van der Waals surface area contributed by atoms with Crippen molar-refractivity contribution in [2.45, 2.75) is 40.5 Å². The Bertz CT molecular complexity index is 1000. The van der Waals surface area contributed by atoms with Crippen molar-refractivity contribution in [2.24, 2.45) is 11.8 Å². The summed E-state index contributed by atoms with van der Waals surface area (Å²) >= 11 is 0. The van der Waals surface area contributed by atoms with Crippen LogP contribution in [-0.2, 0) is 22.4 Å². The van der Waals surface area contributed by atoms with Gasteiger partial charge in [0.15, 0.2) is 0 Å². The van der Waals surface area contributed by atoms with E-state index in [1.165, 1.54) is 0 Å². The highest BCUT2D eigenvalue weighted by Gasteiger charge is 2.15. The fraction of sp³-hybridized carbons (Fsp3) is 0.310. The molecule has 3 rings (SSSR count). The SMILES string of the molecule is COc1ccc(N(c2ccc(CC(=O)C(C)C)cc2)c2ccc(CC(=O)C(C)C)cc2)cc1. The van der Waals surface area contributed by atoms with Crippen LogP contribution in [0.2, 0.25) is 0 Å². The second kappa shape index (κ2) is 11.0. The van der Waals surface area contributed by atoms with Gasteiger partial charge in [0.25, 0.3) is 0 Å². The third kappa shape index (κ3) is 6.32. The molecule has 0 aliphatic carbocycles. The average Bonchev–Trinajstić information content (AvgIpc) is 2.81. The second-order valence-corrected chi connectivity index (χ2v) is 8.96. The maximum absolute atomic E-state index is 12.1. The van der Waals surface area contributed by atoms with Crippen molar-refractivity contribution in [1.29, 1.82) is 0 Å². The first-order valence-electron chi connectivity index (χ1n) is 11.5. The Morgan fingerprint density at radius 2 is 0.970 bits per heavy atom. The van der Waals surface area contributed by atoms with Crippen molar-refractivity contribution in [3.8, 4) is 5.75 Å². The number of carbonyl (C=O) groups is 2. The van der Waals surface area contributed by atoms with Crippen LogP contribution in [0, 0.1) is 11.8 Å². The van der Waals surface area contributed by atoms with Crippen molar-refractivity contribution >= 4 is 28.6 Å². The van der Waals surface area contributed by atoms with Crippen molar-refractivity contribution in [2.75, 3.05) is 12.0 Å². The van der Waals surface area contributed by atoms with Gasteiger partial charge in [0.05, 0.1) is 7.11 Å². The molecule has 0 aliphatic rings. The van der Waals surface area contributed by atoms with E-state index in [1.54, 1.807) is 7.11 Å². The van der Waals surface area contributed by atoms with E-state index in [0.29, 0.717) is 12.8 Å². The molecular formula is C29H33NO3. The molecule has 0 heterocycles. The first kappa shape index (κ1) is 24.2. The molecule has 0 spiro atoms. The minimum absolute atomic E-state index is 0.0292. The number of hydrogen-bond acceptors (Lipinski definition) is 4. The zero-order chi connectivity index (χ0) is 24.0. The van der Waals surface area contributed by atoms with Gasteiger partial charge in [0.2, 0.25) is 0 Å². The van der Waals surface area contributed by atoms with E-state index in [-0.39, 0.29) is 23.4 Å². The van der Waals surface area contributed by atoms with E-state index in [9.17, 15) is 9.59 Å². The molecule has 3 aromatic carbocycles. The van der Waals surface area contributed by atoms with Gasteiger partial charge in [0.1, 0.15) is 17.3 Å². The second-order valence-electron chi connectivity index (χ2n) is 8.96. The van der Waals surface area contributed by atoms with Crippen molar-refractivity contribution < 1.29 is 14.3 Å². The van der Waals surface area contributed by atoms with Crippen LogP contribution in [0.4, 0.5) is 17.1 Å². The molecule has 0 amide bonds. The van der Waals surface area contributed by atoms with Crippen molar-refractivity contribution in [1.82, 2.24) is 0 Å². The lowest BCUT2D eigenvalue weighted by atomic mass is 10.00. The van der Waals surface area contributed by atoms with E-state index < -0.39 is 0 Å². The Morgan fingerprint density at radius 3 is 1.27 bits per heavy atom. The first-order chi connectivity index (χ1) is 15.8. The Morgan fingerprint density at radius 1 is 0.636 bits per heavy atom. The summed E-state index contributed by atoms with van der Waals surface area (Å²) in [6, 6.07) is 24.2. The van der Waals surface area contributed by atoms with Crippen molar-refractivity contribution in [3.63, 3.8) is 0 Å². The number of hydrogen-bond donors (Lipinski definition) is 0. The predicted molar refractivity (Wildman–Crippen MR) is 135 cm³/mol. The maximum atomic E-state index is 12.1. The molecule has 4 nitrogen and oxygen atoms in total. The van der Waals surface area contributed by atoms with Crippen LogP contribution in [0.5, 0.6) is 5.75 Å². The molecule has 0 fully saturated rings. The van der Waals surface area contributed by atoms with Gasteiger partial charge in [-0.3, -0.25) is 9.59 Å². The summed E-state index contributed by atoms with van der Waals surface area (Å²) in [5.41, 5.74) is 5.00. The summed E-state index contributed by atoms with van der Waals surface area (Å²) < 4.78 is 5.32. The number of ether oxygens (including phenoxy) is 1. The monoisotopic (exact) mass is 443 g/mol. The largest absolute Gasteiger partial charge is 0.497 e. The summed E-state index contributed by atoms with van der Waals surface area (Å²) in [4.78, 5) is 26.4. The van der Waals surface area contributed by atoms with Crippen LogP contribution in [0.25, 0.3) is 0 Å². The van der Waals surface area contributed by atoms with Crippen LogP contribution < -0.4 is 9.64 Å². The number of ketones is 2. The maximum Gasteiger partial charge on any atom is 0.139 e. The Labute approximate surface area is 197 Å². The number of nitrogens with zero attached hydrogens (tertiary/aromatic N) is 1. The molecule has 0 aromatic heterocycles. The van der Waals surface area contributed by atoms with Gasteiger partial charge in [-0.05, 0) is 59.7 Å². The highest BCUT2D eigenvalue weighted by atomic mass is 16.5. The number of benzene rings is 3. The van der Waals surface area contributed by atoms with Crippen LogP contribution in [0.15, 0.2) is 72.8 Å². The molecular weight excluding hydrogens is 410 g/mol. The predicted octanol–water partition coefficient (Wildman–Crippen LogP) is 6.70. The van der Waals surface area contributed by atoms with E-state index >= 15 is 0 Å². The van der Waals surface area contributed by atoms with Gasteiger partial charge in [-0.2, -0.15) is 0 Å². The zero-order valence-electron chi connectivity index (χ0n) is 20.2. The molecule has 0 bridgehead atoms. The van der Waals surface area contributed by atoms with E-state index in [1.807, 2.05) is 100 Å². The molecule has 0 saturated carbocycles. The highest BCUT2D eigenvalue weighted by molar-refractivity contribution is 5.84. The fourth-order valence-corrected chi connectivity index (χ4v) is 3.51. The van der Waals surface area contributed by atoms with Crippen LogP contribution >= 0.6 is 0 Å². The van der Waals surface area contributed by atoms with Crippen LogP contribution in [0.1, 0.15) is 38.8 Å². The smallest absolute Gasteiger partial charge is 0.139 e. The zero-order valence-corrected chi connectivity index (χ0v) is 20.2. The molecule has 172 valence electrons. The summed E-state index contributed by atoms with van der Waals surface area (Å²) in [7, 11) is 1.65. The van der Waals surface area contributed by atoms with Crippen molar-refractivity contribution in [3.05, 3.63) is 83.9 Å². The third-order valence-electron chi connectivity index (χ3n) is 5.76. The molecule has 0 saturated heterocycles. The lowest BCUT2D eigenvalue weighted by Gasteiger charge is -2.26. The summed E-state index contributed by atoms with van der Waals surface area (Å²) in [6.45, 7) is 7.72. The van der Waals surface area contributed by atoms with E-state index in [2.05, 4.69) is 4.90 Å². The lowest BCUT2D eigenvalue weighted by Crippen LogP contribution is -2.12. The Balaban J connectivity index is 1.93. The van der Waals surface area contributed by atoms with Gasteiger partial charge >= 0.3 is 0 Å². The molecule has 0 unspecified atom stereocenters. The number of anilines is 3. The molecule has 0 aliphatic heterocycles. The molecule has 0 N–H and O–H groups in total. The highest BCUT2D eigenvalue weighted by Crippen LogP contribution is 2.35. The number of Topliss-reactive ketones (excluding diaryl/α,β-unsaturated/α-hetero) is 2. The van der Waals surface area contributed by atoms with E-state index in [4.69, 9.17) is 4.74 Å². The Kier molecular flexibility index (Phi) is 8.05. The molecule has 0 atom stereocenters. The Hall–Kier alpha value is -3.40. The van der Waals surface area contributed by atoms with Gasteiger partial charge in [-0.1, -0.05) is 52.0 Å². The molecule has 33 heavy (non-hydrogen) atoms. The van der Waals surface area contributed by atoms with Gasteiger partial charge < -0.3 is 9.64 Å². The quantitative estimate of drug-likeness (QED) is 0.350. The van der Waals surface area contributed by atoms with Crippen LogP contribution in [-0.4, -0.2) is 18.7 Å². The van der Waals surface area contributed by atoms with Gasteiger partial charge in [-0.25, -0.2) is 0 Å². The fourth-order valence-electron chi connectivity index (χ4n) is 3.51. The summed E-state index contributed by atoms with van der Waals surface area (Å²) in [6.07, 6.45) is 0.887. The topological polar surface area (TPSA) is 46.6 Å². The molecule has 0 radical (unpaired) electrons. The lowest BCUT2D eigenvalue weighted by molar-refractivity contribution is -0.122. The van der Waals surface area contributed by atoms with Gasteiger partial charge in [0, 0.05) is 41.7 Å². The number of methoxy groups -OCH3 is 1. The normalized spacial score (nSPS) is 11.0. The minimum Gasteiger partial charge on any atom is -0.497 e. The van der Waals surface area contributed by atoms with E-state index in [0.717, 1.165) is 33.9 Å². The number of rotatable bonds is 10. The minimum atomic E-state index is 0.0292. The third-order valence-corrected chi connectivity index (χ3v) is 5.76. The van der Waals surface area contributed by atoms with Crippen LogP contribution in [0.3, 0.4) is 0 Å². The van der Waals surface area contributed by atoms with Gasteiger partial charge in [-0.15, -0.1) is 0 Å². The standard InChI is InChI=1S/C29H33NO3/c1-20(2)28(31)18-22-6-10-24(11-7-22)30(26-14-16-27(33-5)17-15-26)25-12-8-23(9-13-25)19-29(32)21(3)4/h6-17,20-21H,18-19H2,1-5H3. The molecule has 3 aromatic rings. The average molecular weight is 444 g/mol. The summed E-state index contributed by atoms with van der Waals surface area (Å²) in [5, 5.41) is 0.